The SMILES string of the molecule is Cc1csc(SN(CC(C)C)c2cc(C)c(C)cc2OCc2ccc(/C=C/C(=O)O)cc2Cl)n1. The Bertz CT molecular complexity index is 1190. The average molecular weight is 517 g/mol. The van der Waals surface area contributed by atoms with E-state index in [1.54, 1.807) is 29.4 Å². The summed E-state index contributed by atoms with van der Waals surface area (Å²) in [4.78, 5) is 15.4. The minimum atomic E-state index is -0.998. The van der Waals surface area contributed by atoms with Crippen molar-refractivity contribution in [2.45, 2.75) is 45.6 Å². The van der Waals surface area contributed by atoms with E-state index in [4.69, 9.17) is 21.4 Å². The molecule has 5 nitrogen and oxygen atoms in total. The van der Waals surface area contributed by atoms with E-state index in [1.165, 1.54) is 11.6 Å². The highest BCUT2D eigenvalue weighted by Gasteiger charge is 2.19. The molecule has 34 heavy (non-hydrogen) atoms. The summed E-state index contributed by atoms with van der Waals surface area (Å²) < 4.78 is 9.57. The lowest BCUT2D eigenvalue weighted by molar-refractivity contribution is -0.131. The minimum absolute atomic E-state index is 0.299. The third kappa shape index (κ3) is 7.26. The van der Waals surface area contributed by atoms with Crippen molar-refractivity contribution in [3.8, 4) is 5.75 Å². The van der Waals surface area contributed by atoms with Gasteiger partial charge in [0.25, 0.3) is 0 Å². The van der Waals surface area contributed by atoms with Crippen LogP contribution in [0.3, 0.4) is 0 Å². The number of aromatic nitrogens is 1. The second-order valence-electron chi connectivity index (χ2n) is 8.52. The molecule has 0 aliphatic rings. The van der Waals surface area contributed by atoms with Gasteiger partial charge in [0, 0.05) is 46.2 Å². The Balaban J connectivity index is 1.88. The Hall–Kier alpha value is -2.48. The van der Waals surface area contributed by atoms with Gasteiger partial charge in [-0.25, -0.2) is 9.78 Å². The number of carbonyl (C=O) groups is 1. The molecule has 3 rings (SSSR count). The quantitative estimate of drug-likeness (QED) is 0.221. The largest absolute Gasteiger partial charge is 0.487 e. The molecule has 8 heteroatoms. The summed E-state index contributed by atoms with van der Waals surface area (Å²) in [5, 5.41) is 11.4. The van der Waals surface area contributed by atoms with Gasteiger partial charge in [-0.15, -0.1) is 11.3 Å². The van der Waals surface area contributed by atoms with E-state index < -0.39 is 5.97 Å². The van der Waals surface area contributed by atoms with Gasteiger partial charge < -0.3 is 14.1 Å². The van der Waals surface area contributed by atoms with Gasteiger partial charge in [-0.1, -0.05) is 37.6 Å². The van der Waals surface area contributed by atoms with Gasteiger partial charge in [-0.05, 0) is 67.7 Å². The van der Waals surface area contributed by atoms with Gasteiger partial charge in [0.2, 0.25) is 0 Å². The monoisotopic (exact) mass is 516 g/mol. The molecule has 2 aromatic carbocycles. The molecule has 1 N–H and O–H groups in total. The van der Waals surface area contributed by atoms with Gasteiger partial charge in [-0.3, -0.25) is 0 Å². The van der Waals surface area contributed by atoms with Crippen molar-refractivity contribution in [1.82, 2.24) is 4.98 Å². The highest BCUT2D eigenvalue weighted by molar-refractivity contribution is 8.02. The maximum absolute atomic E-state index is 10.8. The highest BCUT2D eigenvalue weighted by Crippen LogP contribution is 2.39. The van der Waals surface area contributed by atoms with E-state index >= 15 is 0 Å². The standard InChI is InChI=1S/C26H29ClN2O3S2/c1-16(2)13-29(34-26-28-19(5)15-33-26)23-10-17(3)18(4)11-24(23)32-14-21-8-6-20(12-22(21)27)7-9-25(30)31/h6-12,15-16H,13-14H2,1-5H3,(H,30,31)/b9-7+. The number of anilines is 1. The van der Waals surface area contributed by atoms with Gasteiger partial charge in [-0.2, -0.15) is 0 Å². The molecule has 0 spiro atoms. The van der Waals surface area contributed by atoms with E-state index in [0.29, 0.717) is 17.5 Å². The van der Waals surface area contributed by atoms with Crippen LogP contribution in [0, 0.1) is 26.7 Å². The molecular weight excluding hydrogens is 488 g/mol. The van der Waals surface area contributed by atoms with Crippen molar-refractivity contribution in [3.05, 3.63) is 74.8 Å². The number of aryl methyl sites for hydroxylation is 3. The van der Waals surface area contributed by atoms with Gasteiger partial charge in [0.1, 0.15) is 12.4 Å². The molecule has 1 aromatic heterocycles. The van der Waals surface area contributed by atoms with Crippen LogP contribution in [-0.2, 0) is 11.4 Å². The first kappa shape index (κ1) is 26.1. The molecule has 0 saturated heterocycles. The molecule has 3 aromatic rings. The molecule has 0 unspecified atom stereocenters. The lowest BCUT2D eigenvalue weighted by Gasteiger charge is -2.27. The Morgan fingerprint density at radius 1 is 1.24 bits per heavy atom. The van der Waals surface area contributed by atoms with E-state index in [-0.39, 0.29) is 0 Å². The first-order valence-corrected chi connectivity index (χ1v) is 13.0. The fourth-order valence-corrected chi connectivity index (χ4v) is 5.52. The molecule has 0 bridgehead atoms. The number of hydrogen-bond donors (Lipinski definition) is 1. The van der Waals surface area contributed by atoms with Crippen LogP contribution in [0.1, 0.15) is 41.8 Å². The number of halogens is 1. The summed E-state index contributed by atoms with van der Waals surface area (Å²) in [6, 6.07) is 9.68. The van der Waals surface area contributed by atoms with Crippen LogP contribution >= 0.6 is 34.9 Å². The molecular formula is C26H29ClN2O3S2. The number of aliphatic carboxylic acids is 1. The Kier molecular flexibility index (Phi) is 9.05. The number of benzene rings is 2. The van der Waals surface area contributed by atoms with Crippen molar-refractivity contribution in [1.29, 1.82) is 0 Å². The maximum atomic E-state index is 10.8. The molecule has 0 atom stereocenters. The number of nitrogens with zero attached hydrogens (tertiary/aromatic N) is 2. The summed E-state index contributed by atoms with van der Waals surface area (Å²) in [7, 11) is 0. The van der Waals surface area contributed by atoms with Crippen LogP contribution in [0.2, 0.25) is 5.02 Å². The molecule has 0 radical (unpaired) electrons. The predicted molar refractivity (Wildman–Crippen MR) is 143 cm³/mol. The smallest absolute Gasteiger partial charge is 0.328 e. The summed E-state index contributed by atoms with van der Waals surface area (Å²) in [5.41, 5.74) is 5.92. The zero-order chi connectivity index (χ0) is 24.8. The van der Waals surface area contributed by atoms with E-state index in [0.717, 1.165) is 50.8 Å². The van der Waals surface area contributed by atoms with Crippen LogP contribution in [0.25, 0.3) is 6.08 Å². The van der Waals surface area contributed by atoms with Crippen LogP contribution in [0.4, 0.5) is 5.69 Å². The van der Waals surface area contributed by atoms with Crippen molar-refractivity contribution in [2.24, 2.45) is 5.92 Å². The zero-order valence-electron chi connectivity index (χ0n) is 20.0. The molecule has 0 aliphatic heterocycles. The lowest BCUT2D eigenvalue weighted by Crippen LogP contribution is -2.21. The van der Waals surface area contributed by atoms with Crippen LogP contribution in [0.5, 0.6) is 5.75 Å². The maximum Gasteiger partial charge on any atom is 0.328 e. The van der Waals surface area contributed by atoms with Crippen LogP contribution in [-0.4, -0.2) is 22.6 Å². The van der Waals surface area contributed by atoms with Crippen molar-refractivity contribution in [3.63, 3.8) is 0 Å². The Morgan fingerprint density at radius 2 is 1.97 bits per heavy atom. The van der Waals surface area contributed by atoms with Crippen LogP contribution < -0.4 is 9.04 Å². The molecule has 0 aliphatic carbocycles. The van der Waals surface area contributed by atoms with Crippen molar-refractivity contribution >= 4 is 52.6 Å². The second-order valence-corrected chi connectivity index (χ2v) is 11.1. The van der Waals surface area contributed by atoms with Crippen molar-refractivity contribution < 1.29 is 14.6 Å². The first-order valence-electron chi connectivity index (χ1n) is 10.9. The second kappa shape index (κ2) is 11.8. The van der Waals surface area contributed by atoms with E-state index in [9.17, 15) is 4.79 Å². The summed E-state index contributed by atoms with van der Waals surface area (Å²) in [6.45, 7) is 11.7. The fourth-order valence-electron chi connectivity index (χ4n) is 3.18. The number of hydrogen-bond acceptors (Lipinski definition) is 6. The highest BCUT2D eigenvalue weighted by atomic mass is 35.5. The normalized spacial score (nSPS) is 11.4. The first-order chi connectivity index (χ1) is 16.1. The summed E-state index contributed by atoms with van der Waals surface area (Å²) in [5.74, 6) is 0.238. The number of carboxylic acids is 1. The van der Waals surface area contributed by atoms with Crippen LogP contribution in [0.15, 0.2) is 46.1 Å². The van der Waals surface area contributed by atoms with E-state index in [2.05, 4.69) is 54.5 Å². The van der Waals surface area contributed by atoms with E-state index in [1.807, 2.05) is 19.1 Å². The minimum Gasteiger partial charge on any atom is -0.487 e. The third-order valence-electron chi connectivity index (χ3n) is 5.04. The Morgan fingerprint density at radius 3 is 2.59 bits per heavy atom. The predicted octanol–water partition coefficient (Wildman–Crippen LogP) is 7.57. The molecule has 0 amide bonds. The number of carboxylic acid groups (broad SMARTS) is 1. The topological polar surface area (TPSA) is 62.7 Å². The van der Waals surface area contributed by atoms with Gasteiger partial charge in [0.05, 0.1) is 5.69 Å². The number of rotatable bonds is 10. The third-order valence-corrected chi connectivity index (χ3v) is 7.47. The average Bonchev–Trinajstić information content (AvgIpc) is 3.17. The number of ether oxygens (including phenoxy) is 1. The Labute approximate surface area is 214 Å². The summed E-state index contributed by atoms with van der Waals surface area (Å²) >= 11 is 9.74. The molecule has 0 fully saturated rings. The molecule has 180 valence electrons. The zero-order valence-corrected chi connectivity index (χ0v) is 22.4. The molecule has 1 heterocycles. The fraction of sp³-hybridized carbons (Fsp3) is 0.308. The number of thiazole rings is 1. The van der Waals surface area contributed by atoms with Gasteiger partial charge >= 0.3 is 5.97 Å². The van der Waals surface area contributed by atoms with Crippen molar-refractivity contribution in [2.75, 3.05) is 10.8 Å². The lowest BCUT2D eigenvalue weighted by atomic mass is 10.1. The molecule has 0 saturated carbocycles. The summed E-state index contributed by atoms with van der Waals surface area (Å²) in [6.07, 6.45) is 2.61. The van der Waals surface area contributed by atoms with Gasteiger partial charge in [0.15, 0.2) is 4.34 Å².